The van der Waals surface area contributed by atoms with Crippen molar-refractivity contribution in [2.75, 3.05) is 23.9 Å². The zero-order valence-electron chi connectivity index (χ0n) is 26.4. The van der Waals surface area contributed by atoms with E-state index in [2.05, 4.69) is 32.3 Å². The molecular weight excluding hydrogens is 614 g/mol. The molecule has 3 aromatic heterocycles. The molecule has 0 bridgehead atoms. The first-order valence-corrected chi connectivity index (χ1v) is 17.0. The van der Waals surface area contributed by atoms with Crippen molar-refractivity contribution in [2.24, 2.45) is 0 Å². The maximum Gasteiger partial charge on any atom is 0.316 e. The molecule has 0 radical (unpaired) electrons. The van der Waals surface area contributed by atoms with Gasteiger partial charge in [0.1, 0.15) is 11.6 Å². The van der Waals surface area contributed by atoms with Crippen LogP contribution in [-0.2, 0) is 16.6 Å². The smallest absolute Gasteiger partial charge is 0.316 e. The zero-order valence-corrected chi connectivity index (χ0v) is 27.2. The van der Waals surface area contributed by atoms with E-state index in [1.807, 2.05) is 37.3 Å². The number of aryl methyl sites for hydroxylation is 1. The molecular formula is C35H35N7O4S. The molecule has 0 saturated carbocycles. The minimum Gasteiger partial charge on any atom is -0.497 e. The van der Waals surface area contributed by atoms with Crippen molar-refractivity contribution in [3.05, 3.63) is 96.4 Å². The standard InChI is InChI=1S/C35H35N7O4S/c1-23-7-14-28(15-8-23)47(43,44)42-22-30(31-20-36-21-33(38-31)41-17-5-4-6-24(41)2)29-18-26(11-16-32(29)42)34-39-40-35(46-34)37-19-25-9-12-27(45-3)13-10-25/h7-16,18,20-22,24H,4-6,17,19H2,1-3H3,(H,37,40). The fourth-order valence-electron chi connectivity index (χ4n) is 5.95. The third kappa shape index (κ3) is 6.03. The van der Waals surface area contributed by atoms with Gasteiger partial charge >= 0.3 is 6.01 Å². The first-order chi connectivity index (χ1) is 22.8. The third-order valence-corrected chi connectivity index (χ3v) is 10.3. The van der Waals surface area contributed by atoms with Crippen LogP contribution < -0.4 is 15.0 Å². The van der Waals surface area contributed by atoms with Crippen molar-refractivity contribution >= 4 is 32.8 Å². The van der Waals surface area contributed by atoms with Crippen LogP contribution in [0.3, 0.4) is 0 Å². The van der Waals surface area contributed by atoms with Gasteiger partial charge in [-0.05, 0) is 81.1 Å². The average Bonchev–Trinajstić information content (AvgIpc) is 3.73. The molecule has 1 aliphatic heterocycles. The predicted octanol–water partition coefficient (Wildman–Crippen LogP) is 6.69. The minimum absolute atomic E-state index is 0.196. The van der Waals surface area contributed by atoms with E-state index in [1.54, 1.807) is 62.1 Å². The van der Waals surface area contributed by atoms with Crippen LogP contribution in [0.4, 0.5) is 11.8 Å². The topological polar surface area (TPSA) is 128 Å². The second kappa shape index (κ2) is 12.5. The number of aromatic nitrogens is 5. The van der Waals surface area contributed by atoms with E-state index in [1.165, 1.54) is 10.4 Å². The second-order valence-electron chi connectivity index (χ2n) is 11.8. The molecule has 4 heterocycles. The Hall–Kier alpha value is -5.23. The summed E-state index contributed by atoms with van der Waals surface area (Å²) in [6.45, 7) is 5.51. The van der Waals surface area contributed by atoms with Gasteiger partial charge in [-0.1, -0.05) is 34.9 Å². The summed E-state index contributed by atoms with van der Waals surface area (Å²) in [7, 11) is -2.30. The van der Waals surface area contributed by atoms with Crippen LogP contribution in [0.1, 0.15) is 37.3 Å². The molecule has 0 spiro atoms. The number of piperidine rings is 1. The fraction of sp³-hybridized carbons (Fsp3) is 0.257. The first-order valence-electron chi connectivity index (χ1n) is 15.6. The molecule has 6 aromatic rings. The average molecular weight is 650 g/mol. The van der Waals surface area contributed by atoms with Gasteiger partial charge in [0.2, 0.25) is 5.89 Å². The summed E-state index contributed by atoms with van der Waals surface area (Å²) in [5.41, 5.74) is 4.35. The van der Waals surface area contributed by atoms with Crippen LogP contribution in [0, 0.1) is 6.92 Å². The molecule has 1 fully saturated rings. The van der Waals surface area contributed by atoms with Gasteiger partial charge in [-0.3, -0.25) is 4.98 Å². The molecule has 1 atom stereocenters. The van der Waals surface area contributed by atoms with Gasteiger partial charge in [0.25, 0.3) is 10.0 Å². The highest BCUT2D eigenvalue weighted by Gasteiger charge is 2.25. The first kappa shape index (κ1) is 30.4. The van der Waals surface area contributed by atoms with Crippen LogP contribution >= 0.6 is 0 Å². The molecule has 3 aromatic carbocycles. The number of fused-ring (bicyclic) bond motifs is 1. The number of ether oxygens (including phenoxy) is 1. The summed E-state index contributed by atoms with van der Waals surface area (Å²) >= 11 is 0. The van der Waals surface area contributed by atoms with E-state index < -0.39 is 10.0 Å². The van der Waals surface area contributed by atoms with Crippen molar-refractivity contribution in [1.82, 2.24) is 24.1 Å². The SMILES string of the molecule is COc1ccc(CNc2nnc(-c3ccc4c(c3)c(-c3cncc(N5CCCCC5C)n3)cn4S(=O)(=O)c3ccc(C)cc3)o2)cc1. The number of benzene rings is 3. The van der Waals surface area contributed by atoms with Crippen LogP contribution in [0.5, 0.6) is 5.75 Å². The highest BCUT2D eigenvalue weighted by Crippen LogP contribution is 2.36. The lowest BCUT2D eigenvalue weighted by molar-refractivity contribution is 0.414. The van der Waals surface area contributed by atoms with Crippen molar-refractivity contribution in [2.45, 2.75) is 50.6 Å². The van der Waals surface area contributed by atoms with Gasteiger partial charge in [-0.15, -0.1) is 5.10 Å². The van der Waals surface area contributed by atoms with Gasteiger partial charge in [0.05, 0.1) is 35.6 Å². The van der Waals surface area contributed by atoms with Crippen molar-refractivity contribution in [1.29, 1.82) is 0 Å². The normalized spacial score (nSPS) is 15.2. The molecule has 0 amide bonds. The maximum absolute atomic E-state index is 14.0. The lowest BCUT2D eigenvalue weighted by atomic mass is 10.0. The molecule has 11 nitrogen and oxygen atoms in total. The van der Waals surface area contributed by atoms with Crippen LogP contribution in [0.2, 0.25) is 0 Å². The van der Waals surface area contributed by atoms with Gasteiger partial charge in [-0.2, -0.15) is 0 Å². The Balaban J connectivity index is 1.28. The van der Waals surface area contributed by atoms with Crippen molar-refractivity contribution < 1.29 is 17.6 Å². The van der Waals surface area contributed by atoms with Gasteiger partial charge in [0, 0.05) is 41.8 Å². The molecule has 47 heavy (non-hydrogen) atoms. The van der Waals surface area contributed by atoms with Crippen molar-refractivity contribution in [3.8, 4) is 28.5 Å². The quantitative estimate of drug-likeness (QED) is 0.181. The lowest BCUT2D eigenvalue weighted by Crippen LogP contribution is -2.38. The zero-order chi connectivity index (χ0) is 32.5. The molecule has 1 aliphatic rings. The Morgan fingerprint density at radius 2 is 1.81 bits per heavy atom. The largest absolute Gasteiger partial charge is 0.497 e. The summed E-state index contributed by atoms with van der Waals surface area (Å²) in [5, 5.41) is 12.3. The second-order valence-corrected chi connectivity index (χ2v) is 13.6. The van der Waals surface area contributed by atoms with Gasteiger partial charge < -0.3 is 19.4 Å². The predicted molar refractivity (Wildman–Crippen MR) is 181 cm³/mol. The van der Waals surface area contributed by atoms with Gasteiger partial charge in [0.15, 0.2) is 0 Å². The molecule has 1 unspecified atom stereocenters. The summed E-state index contributed by atoms with van der Waals surface area (Å²) < 4.78 is 40.5. The Labute approximate surface area is 273 Å². The van der Waals surface area contributed by atoms with Crippen LogP contribution in [-0.4, -0.2) is 52.3 Å². The minimum atomic E-state index is -3.93. The molecule has 1 saturated heterocycles. The Kier molecular flexibility index (Phi) is 8.10. The number of hydrogen-bond acceptors (Lipinski definition) is 10. The van der Waals surface area contributed by atoms with Gasteiger partial charge in [-0.25, -0.2) is 17.4 Å². The number of hydrogen-bond donors (Lipinski definition) is 1. The molecule has 1 N–H and O–H groups in total. The molecule has 0 aliphatic carbocycles. The van der Waals surface area contributed by atoms with E-state index >= 15 is 0 Å². The highest BCUT2D eigenvalue weighted by atomic mass is 32.2. The summed E-state index contributed by atoms with van der Waals surface area (Å²) in [6, 6.07) is 20.6. The van der Waals surface area contributed by atoms with Crippen LogP contribution in [0.25, 0.3) is 33.6 Å². The molecule has 7 rings (SSSR count). The maximum atomic E-state index is 14.0. The third-order valence-electron chi connectivity index (χ3n) is 8.62. The molecule has 240 valence electrons. The van der Waals surface area contributed by atoms with Crippen molar-refractivity contribution in [3.63, 3.8) is 0 Å². The lowest BCUT2D eigenvalue weighted by Gasteiger charge is -2.34. The van der Waals surface area contributed by atoms with E-state index in [0.29, 0.717) is 46.2 Å². The summed E-state index contributed by atoms with van der Waals surface area (Å²) in [5.74, 6) is 1.85. The van der Waals surface area contributed by atoms with E-state index in [-0.39, 0.29) is 10.9 Å². The summed E-state index contributed by atoms with van der Waals surface area (Å²) in [4.78, 5) is 12.0. The number of nitrogens with one attached hydrogen (secondary N) is 1. The molecule has 12 heteroatoms. The highest BCUT2D eigenvalue weighted by molar-refractivity contribution is 7.90. The Bertz CT molecular complexity index is 2140. The number of nitrogens with zero attached hydrogens (tertiary/aromatic N) is 6. The number of rotatable bonds is 9. The monoisotopic (exact) mass is 649 g/mol. The Morgan fingerprint density at radius 3 is 2.57 bits per heavy atom. The van der Waals surface area contributed by atoms with E-state index in [9.17, 15) is 8.42 Å². The van der Waals surface area contributed by atoms with E-state index in [0.717, 1.165) is 42.1 Å². The summed E-state index contributed by atoms with van der Waals surface area (Å²) in [6.07, 6.45) is 8.45. The Morgan fingerprint density at radius 1 is 1.00 bits per heavy atom. The number of anilines is 2. The fourth-order valence-corrected chi connectivity index (χ4v) is 7.32. The van der Waals surface area contributed by atoms with E-state index in [4.69, 9.17) is 14.1 Å². The van der Waals surface area contributed by atoms with Crippen LogP contribution in [0.15, 0.2) is 94.6 Å². The number of methoxy groups -OCH3 is 1.